The first-order valence-electron chi connectivity index (χ1n) is 6.27. The summed E-state index contributed by atoms with van der Waals surface area (Å²) in [6, 6.07) is 0. The number of carboxylic acids is 1. The highest BCUT2D eigenvalue weighted by atomic mass is 32.2. The Balaban J connectivity index is 2.20. The van der Waals surface area contributed by atoms with Crippen molar-refractivity contribution in [2.24, 2.45) is 5.41 Å². The molecule has 0 radical (unpaired) electrons. The molecule has 2 heterocycles. The second kappa shape index (κ2) is 5.23. The zero-order chi connectivity index (χ0) is 16.8. The normalized spacial score (nSPS) is 23.8. The number of carboxylic acid groups (broad SMARTS) is 1. The van der Waals surface area contributed by atoms with E-state index in [2.05, 4.69) is 5.10 Å². The van der Waals surface area contributed by atoms with Crippen LogP contribution in [0.3, 0.4) is 0 Å². The van der Waals surface area contributed by atoms with Crippen LogP contribution in [0.5, 0.6) is 0 Å². The molecule has 2 rings (SSSR count). The van der Waals surface area contributed by atoms with E-state index in [1.165, 1.54) is 6.92 Å². The monoisotopic (exact) mass is 341 g/mol. The number of alkyl halides is 3. The molecule has 1 atom stereocenters. The van der Waals surface area contributed by atoms with Crippen LogP contribution < -0.4 is 0 Å². The van der Waals surface area contributed by atoms with Gasteiger partial charge in [-0.05, 0) is 13.3 Å². The second-order valence-electron chi connectivity index (χ2n) is 5.44. The summed E-state index contributed by atoms with van der Waals surface area (Å²) >= 11 is 0. The van der Waals surface area contributed by atoms with E-state index < -0.39 is 34.1 Å². The maximum Gasteiger partial charge on any atom is 0.408 e. The Labute approximate surface area is 124 Å². The third-order valence-corrected chi connectivity index (χ3v) is 5.34. The van der Waals surface area contributed by atoms with Gasteiger partial charge in [0.2, 0.25) is 10.0 Å². The first-order valence-corrected chi connectivity index (χ1v) is 7.71. The molecule has 0 amide bonds. The van der Waals surface area contributed by atoms with E-state index >= 15 is 0 Å². The van der Waals surface area contributed by atoms with Gasteiger partial charge < -0.3 is 5.11 Å². The maximum absolute atomic E-state index is 12.3. The highest BCUT2D eigenvalue weighted by molar-refractivity contribution is 7.89. The Bertz CT molecular complexity index is 685. The van der Waals surface area contributed by atoms with Crippen molar-refractivity contribution in [1.29, 1.82) is 0 Å². The molecular formula is C11H14F3N3O4S. The standard InChI is InChI=1S/C11H14F3N3O4S/c1-10(9(18)19)2-3-17(6-10)22(20,21)8-4-15-16(5-8)7-11(12,13)14/h4-5H,2-3,6-7H2,1H3,(H,18,19). The third-order valence-electron chi connectivity index (χ3n) is 3.54. The van der Waals surface area contributed by atoms with E-state index in [0.29, 0.717) is 4.68 Å². The number of aromatic nitrogens is 2. The molecule has 1 aliphatic rings. The molecule has 1 aromatic heterocycles. The van der Waals surface area contributed by atoms with Gasteiger partial charge in [0.25, 0.3) is 0 Å². The van der Waals surface area contributed by atoms with E-state index in [0.717, 1.165) is 16.7 Å². The summed E-state index contributed by atoms with van der Waals surface area (Å²) in [6.45, 7) is -0.196. The van der Waals surface area contributed by atoms with Crippen molar-refractivity contribution >= 4 is 16.0 Å². The van der Waals surface area contributed by atoms with Gasteiger partial charge in [0.1, 0.15) is 11.4 Å². The predicted molar refractivity (Wildman–Crippen MR) is 67.4 cm³/mol. The summed E-state index contributed by atoms with van der Waals surface area (Å²) in [7, 11) is -4.06. The van der Waals surface area contributed by atoms with Crippen LogP contribution in [0.25, 0.3) is 0 Å². The van der Waals surface area contributed by atoms with Gasteiger partial charge in [-0.15, -0.1) is 0 Å². The highest BCUT2D eigenvalue weighted by Crippen LogP contribution is 2.33. The van der Waals surface area contributed by atoms with Gasteiger partial charge in [0.05, 0.1) is 11.6 Å². The van der Waals surface area contributed by atoms with Gasteiger partial charge >= 0.3 is 12.1 Å². The molecule has 0 spiro atoms. The van der Waals surface area contributed by atoms with Gasteiger partial charge in [0, 0.05) is 19.3 Å². The molecule has 7 nitrogen and oxygen atoms in total. The van der Waals surface area contributed by atoms with Crippen molar-refractivity contribution in [2.75, 3.05) is 13.1 Å². The molecule has 0 aliphatic carbocycles. The molecule has 22 heavy (non-hydrogen) atoms. The molecule has 0 aromatic carbocycles. The predicted octanol–water partition coefficient (Wildman–Crippen LogP) is 0.931. The molecule has 124 valence electrons. The molecule has 11 heteroatoms. The maximum atomic E-state index is 12.3. The Kier molecular flexibility index (Phi) is 3.98. The van der Waals surface area contributed by atoms with Crippen molar-refractivity contribution in [1.82, 2.24) is 14.1 Å². The minimum Gasteiger partial charge on any atom is -0.481 e. The fourth-order valence-electron chi connectivity index (χ4n) is 2.20. The van der Waals surface area contributed by atoms with Crippen LogP contribution in [-0.2, 0) is 21.4 Å². The summed E-state index contributed by atoms with van der Waals surface area (Å²) in [6.07, 6.45) is -2.75. The van der Waals surface area contributed by atoms with Crippen molar-refractivity contribution < 1.29 is 31.5 Å². The largest absolute Gasteiger partial charge is 0.481 e. The van der Waals surface area contributed by atoms with Crippen LogP contribution in [0, 0.1) is 5.41 Å². The van der Waals surface area contributed by atoms with Crippen LogP contribution >= 0.6 is 0 Å². The average Bonchev–Trinajstić information content (AvgIpc) is 2.95. The molecule has 0 saturated carbocycles. The zero-order valence-corrected chi connectivity index (χ0v) is 12.4. The number of hydrogen-bond acceptors (Lipinski definition) is 4. The Morgan fingerprint density at radius 2 is 2.14 bits per heavy atom. The van der Waals surface area contributed by atoms with Crippen molar-refractivity contribution in [3.63, 3.8) is 0 Å². The number of rotatable bonds is 4. The lowest BCUT2D eigenvalue weighted by Gasteiger charge is -2.19. The Morgan fingerprint density at radius 1 is 1.50 bits per heavy atom. The number of halogens is 3. The van der Waals surface area contributed by atoms with Gasteiger partial charge in [-0.1, -0.05) is 0 Å². The van der Waals surface area contributed by atoms with Gasteiger partial charge in [-0.25, -0.2) is 8.42 Å². The van der Waals surface area contributed by atoms with Crippen LogP contribution in [0.4, 0.5) is 13.2 Å². The molecular weight excluding hydrogens is 327 g/mol. The Morgan fingerprint density at radius 3 is 2.64 bits per heavy atom. The quantitative estimate of drug-likeness (QED) is 0.879. The van der Waals surface area contributed by atoms with Crippen molar-refractivity contribution in [2.45, 2.75) is 31.0 Å². The number of aliphatic carboxylic acids is 1. The third kappa shape index (κ3) is 3.24. The fourth-order valence-corrected chi connectivity index (χ4v) is 3.72. The van der Waals surface area contributed by atoms with E-state index in [1.807, 2.05) is 0 Å². The minimum absolute atomic E-state index is 0.00438. The molecule has 1 saturated heterocycles. The number of hydrogen-bond donors (Lipinski definition) is 1. The van der Waals surface area contributed by atoms with E-state index in [1.54, 1.807) is 0 Å². The molecule has 1 aromatic rings. The zero-order valence-electron chi connectivity index (χ0n) is 11.5. The lowest BCUT2D eigenvalue weighted by molar-refractivity contribution is -0.147. The van der Waals surface area contributed by atoms with Crippen LogP contribution in [0.2, 0.25) is 0 Å². The topological polar surface area (TPSA) is 92.5 Å². The smallest absolute Gasteiger partial charge is 0.408 e. The summed E-state index contributed by atoms with van der Waals surface area (Å²) in [4.78, 5) is 10.7. The summed E-state index contributed by atoms with van der Waals surface area (Å²) < 4.78 is 62.8. The second-order valence-corrected chi connectivity index (χ2v) is 7.38. The number of sulfonamides is 1. The first kappa shape index (κ1) is 16.7. The summed E-state index contributed by atoms with van der Waals surface area (Å²) in [5.74, 6) is -1.11. The van der Waals surface area contributed by atoms with Crippen LogP contribution in [0.15, 0.2) is 17.3 Å². The molecule has 0 bridgehead atoms. The Hall–Kier alpha value is -1.62. The van der Waals surface area contributed by atoms with Gasteiger partial charge in [0.15, 0.2) is 0 Å². The number of carbonyl (C=O) groups is 1. The lowest BCUT2D eigenvalue weighted by Crippen LogP contribution is -2.34. The van der Waals surface area contributed by atoms with Crippen LogP contribution in [-0.4, -0.2) is 52.8 Å². The van der Waals surface area contributed by atoms with E-state index in [-0.39, 0.29) is 24.4 Å². The lowest BCUT2D eigenvalue weighted by atomic mass is 9.90. The van der Waals surface area contributed by atoms with Crippen molar-refractivity contribution in [3.05, 3.63) is 12.4 Å². The SMILES string of the molecule is CC1(C(=O)O)CCN(S(=O)(=O)c2cnn(CC(F)(F)F)c2)C1. The van der Waals surface area contributed by atoms with E-state index in [4.69, 9.17) is 5.11 Å². The molecule has 1 fully saturated rings. The molecule has 1 aliphatic heterocycles. The molecule has 1 N–H and O–H groups in total. The van der Waals surface area contributed by atoms with Gasteiger partial charge in [-0.3, -0.25) is 9.48 Å². The average molecular weight is 341 g/mol. The fraction of sp³-hybridized carbons (Fsp3) is 0.636. The van der Waals surface area contributed by atoms with Crippen LogP contribution in [0.1, 0.15) is 13.3 Å². The van der Waals surface area contributed by atoms with E-state index in [9.17, 15) is 26.4 Å². The highest BCUT2D eigenvalue weighted by Gasteiger charge is 2.45. The van der Waals surface area contributed by atoms with Crippen molar-refractivity contribution in [3.8, 4) is 0 Å². The number of nitrogens with zero attached hydrogens (tertiary/aromatic N) is 3. The minimum atomic E-state index is -4.51. The first-order chi connectivity index (χ1) is 9.94. The summed E-state index contributed by atoms with van der Waals surface area (Å²) in [5, 5.41) is 12.5. The van der Waals surface area contributed by atoms with Gasteiger partial charge in [-0.2, -0.15) is 22.6 Å². The summed E-state index contributed by atoms with van der Waals surface area (Å²) in [5.41, 5.74) is -1.20. The molecule has 1 unspecified atom stereocenters.